The van der Waals surface area contributed by atoms with Crippen LogP contribution >= 0.6 is 0 Å². The first-order valence-corrected chi connectivity index (χ1v) is 6.25. The Morgan fingerprint density at radius 1 is 1.38 bits per heavy atom. The fourth-order valence-electron chi connectivity index (χ4n) is 2.68. The third-order valence-corrected chi connectivity index (χ3v) is 3.98. The van der Waals surface area contributed by atoms with Crippen LogP contribution in [-0.4, -0.2) is 59.1 Å². The first kappa shape index (κ1) is 11.9. The second kappa shape index (κ2) is 4.72. The second-order valence-corrected chi connectivity index (χ2v) is 5.31. The highest BCUT2D eigenvalue weighted by Crippen LogP contribution is 2.32. The fourth-order valence-corrected chi connectivity index (χ4v) is 2.68. The summed E-state index contributed by atoms with van der Waals surface area (Å²) in [7, 11) is 2.15. The van der Waals surface area contributed by atoms with Crippen molar-refractivity contribution in [2.45, 2.75) is 50.7 Å². The SMILES string of the molecule is CC1CC(N(CC(=O)O)C2CC2)CCN1C. The van der Waals surface area contributed by atoms with Gasteiger partial charge in [0.2, 0.25) is 0 Å². The Labute approximate surface area is 97.2 Å². The Balaban J connectivity index is 1.94. The van der Waals surface area contributed by atoms with E-state index < -0.39 is 5.97 Å². The van der Waals surface area contributed by atoms with Gasteiger partial charge in [-0.15, -0.1) is 0 Å². The minimum atomic E-state index is -0.682. The summed E-state index contributed by atoms with van der Waals surface area (Å²) >= 11 is 0. The van der Waals surface area contributed by atoms with Crippen LogP contribution < -0.4 is 0 Å². The summed E-state index contributed by atoms with van der Waals surface area (Å²) in [5.74, 6) is -0.682. The molecule has 16 heavy (non-hydrogen) atoms. The summed E-state index contributed by atoms with van der Waals surface area (Å²) in [6.07, 6.45) is 4.60. The van der Waals surface area contributed by atoms with E-state index in [1.165, 1.54) is 12.8 Å². The number of carbonyl (C=O) groups is 1. The van der Waals surface area contributed by atoms with Gasteiger partial charge in [-0.2, -0.15) is 0 Å². The topological polar surface area (TPSA) is 43.8 Å². The van der Waals surface area contributed by atoms with E-state index in [4.69, 9.17) is 5.11 Å². The van der Waals surface area contributed by atoms with Gasteiger partial charge in [-0.3, -0.25) is 9.69 Å². The van der Waals surface area contributed by atoms with Crippen LogP contribution in [0.2, 0.25) is 0 Å². The molecular formula is C12H22N2O2. The lowest BCUT2D eigenvalue weighted by Crippen LogP contribution is -2.49. The third-order valence-electron chi connectivity index (χ3n) is 3.98. The number of rotatable bonds is 4. The normalized spacial score (nSPS) is 31.9. The average Bonchev–Trinajstić information content (AvgIpc) is 3.02. The molecule has 0 spiro atoms. The standard InChI is InChI=1S/C12H22N2O2/c1-9-7-11(5-6-13(9)2)14(8-12(15)16)10-3-4-10/h9-11H,3-8H2,1-2H3,(H,15,16). The van der Waals surface area contributed by atoms with Crippen molar-refractivity contribution in [3.63, 3.8) is 0 Å². The molecular weight excluding hydrogens is 204 g/mol. The number of aliphatic carboxylic acids is 1. The van der Waals surface area contributed by atoms with Crippen molar-refractivity contribution in [3.05, 3.63) is 0 Å². The largest absolute Gasteiger partial charge is 0.480 e. The quantitative estimate of drug-likeness (QED) is 0.777. The van der Waals surface area contributed by atoms with Gasteiger partial charge in [0, 0.05) is 18.1 Å². The van der Waals surface area contributed by atoms with Gasteiger partial charge in [0.05, 0.1) is 6.54 Å². The molecule has 0 aromatic rings. The van der Waals surface area contributed by atoms with Crippen LogP contribution in [0.4, 0.5) is 0 Å². The Bertz CT molecular complexity index is 266. The number of carboxylic acids is 1. The number of nitrogens with zero attached hydrogens (tertiary/aromatic N) is 2. The van der Waals surface area contributed by atoms with E-state index in [0.717, 1.165) is 19.4 Å². The molecule has 1 saturated carbocycles. The predicted molar refractivity (Wildman–Crippen MR) is 62.5 cm³/mol. The summed E-state index contributed by atoms with van der Waals surface area (Å²) in [6.45, 7) is 3.55. The molecule has 2 atom stereocenters. The molecule has 2 fully saturated rings. The van der Waals surface area contributed by atoms with E-state index in [2.05, 4.69) is 23.8 Å². The van der Waals surface area contributed by atoms with Crippen LogP contribution in [0, 0.1) is 0 Å². The van der Waals surface area contributed by atoms with E-state index in [9.17, 15) is 4.79 Å². The van der Waals surface area contributed by atoms with Crippen LogP contribution in [0.1, 0.15) is 32.6 Å². The average molecular weight is 226 g/mol. The molecule has 1 aliphatic carbocycles. The number of carboxylic acid groups (broad SMARTS) is 1. The smallest absolute Gasteiger partial charge is 0.317 e. The lowest BCUT2D eigenvalue weighted by atomic mass is 9.97. The molecule has 1 heterocycles. The van der Waals surface area contributed by atoms with E-state index in [0.29, 0.717) is 18.1 Å². The van der Waals surface area contributed by atoms with Crippen molar-refractivity contribution in [2.75, 3.05) is 20.1 Å². The molecule has 92 valence electrons. The number of hydrogen-bond acceptors (Lipinski definition) is 3. The van der Waals surface area contributed by atoms with E-state index in [1.54, 1.807) is 0 Å². The van der Waals surface area contributed by atoms with Crippen LogP contribution in [0.3, 0.4) is 0 Å². The van der Waals surface area contributed by atoms with Gasteiger partial charge >= 0.3 is 5.97 Å². The van der Waals surface area contributed by atoms with Crippen molar-refractivity contribution in [3.8, 4) is 0 Å². The molecule has 0 aromatic heterocycles. The van der Waals surface area contributed by atoms with Gasteiger partial charge in [0.15, 0.2) is 0 Å². The lowest BCUT2D eigenvalue weighted by molar-refractivity contribution is -0.139. The Morgan fingerprint density at radius 2 is 2.06 bits per heavy atom. The first-order chi connectivity index (χ1) is 7.58. The van der Waals surface area contributed by atoms with Crippen molar-refractivity contribution in [1.82, 2.24) is 9.80 Å². The van der Waals surface area contributed by atoms with Crippen LogP contribution in [0.15, 0.2) is 0 Å². The first-order valence-electron chi connectivity index (χ1n) is 6.25. The molecule has 2 aliphatic rings. The molecule has 0 aromatic carbocycles. The Morgan fingerprint density at radius 3 is 2.56 bits per heavy atom. The van der Waals surface area contributed by atoms with E-state index >= 15 is 0 Å². The maximum Gasteiger partial charge on any atom is 0.317 e. The minimum absolute atomic E-state index is 0.228. The number of piperidine rings is 1. The molecule has 1 aliphatic heterocycles. The Kier molecular flexibility index (Phi) is 3.50. The maximum atomic E-state index is 10.9. The lowest BCUT2D eigenvalue weighted by Gasteiger charge is -2.40. The zero-order valence-corrected chi connectivity index (χ0v) is 10.2. The van der Waals surface area contributed by atoms with Crippen molar-refractivity contribution in [1.29, 1.82) is 0 Å². The minimum Gasteiger partial charge on any atom is -0.480 e. The van der Waals surface area contributed by atoms with Gasteiger partial charge in [0.1, 0.15) is 0 Å². The van der Waals surface area contributed by atoms with Crippen molar-refractivity contribution in [2.24, 2.45) is 0 Å². The van der Waals surface area contributed by atoms with Gasteiger partial charge in [-0.1, -0.05) is 0 Å². The highest BCUT2D eigenvalue weighted by atomic mass is 16.4. The molecule has 2 rings (SSSR count). The Hall–Kier alpha value is -0.610. The second-order valence-electron chi connectivity index (χ2n) is 5.31. The van der Waals surface area contributed by atoms with Gasteiger partial charge < -0.3 is 10.0 Å². The van der Waals surface area contributed by atoms with Crippen LogP contribution in [-0.2, 0) is 4.79 Å². The van der Waals surface area contributed by atoms with Crippen molar-refractivity contribution < 1.29 is 9.90 Å². The molecule has 4 nitrogen and oxygen atoms in total. The van der Waals surface area contributed by atoms with Crippen LogP contribution in [0.25, 0.3) is 0 Å². The summed E-state index contributed by atoms with van der Waals surface area (Å²) in [5.41, 5.74) is 0. The highest BCUT2D eigenvalue weighted by molar-refractivity contribution is 5.69. The molecule has 2 unspecified atom stereocenters. The highest BCUT2D eigenvalue weighted by Gasteiger charge is 2.37. The van der Waals surface area contributed by atoms with Gasteiger partial charge in [0.25, 0.3) is 0 Å². The van der Waals surface area contributed by atoms with Gasteiger partial charge in [-0.05, 0) is 46.2 Å². The van der Waals surface area contributed by atoms with E-state index in [1.807, 2.05) is 0 Å². The molecule has 0 radical (unpaired) electrons. The third kappa shape index (κ3) is 2.74. The zero-order valence-electron chi connectivity index (χ0n) is 10.2. The van der Waals surface area contributed by atoms with Gasteiger partial charge in [-0.25, -0.2) is 0 Å². The summed E-state index contributed by atoms with van der Waals surface area (Å²) in [6, 6.07) is 1.61. The number of hydrogen-bond donors (Lipinski definition) is 1. The van der Waals surface area contributed by atoms with Crippen LogP contribution in [0.5, 0.6) is 0 Å². The molecule has 4 heteroatoms. The summed E-state index contributed by atoms with van der Waals surface area (Å²) in [5, 5.41) is 8.96. The predicted octanol–water partition coefficient (Wildman–Crippen LogP) is 1.02. The summed E-state index contributed by atoms with van der Waals surface area (Å²) < 4.78 is 0. The zero-order chi connectivity index (χ0) is 11.7. The molecule has 1 saturated heterocycles. The fraction of sp³-hybridized carbons (Fsp3) is 0.917. The molecule has 0 bridgehead atoms. The van der Waals surface area contributed by atoms with Crippen molar-refractivity contribution >= 4 is 5.97 Å². The van der Waals surface area contributed by atoms with E-state index in [-0.39, 0.29) is 6.54 Å². The number of likely N-dealkylation sites (tertiary alicyclic amines) is 1. The monoisotopic (exact) mass is 226 g/mol. The molecule has 0 amide bonds. The summed E-state index contributed by atoms with van der Waals surface area (Å²) in [4.78, 5) is 15.5. The maximum absolute atomic E-state index is 10.9. The molecule has 1 N–H and O–H groups in total.